The molecule has 2 saturated heterocycles. The largest absolute Gasteiger partial charge is 0.457 e. The minimum absolute atomic E-state index is 0.0631. The number of unbranched alkanes of at least 4 members (excludes halogenated alkanes) is 1. The van der Waals surface area contributed by atoms with Gasteiger partial charge in [0.1, 0.15) is 23.1 Å². The molecule has 246 valence electrons. The highest BCUT2D eigenvalue weighted by molar-refractivity contribution is 7.89. The van der Waals surface area contributed by atoms with Gasteiger partial charge in [0.15, 0.2) is 0 Å². The first-order chi connectivity index (χ1) is 22.1. The average molecular weight is 655 g/mol. The van der Waals surface area contributed by atoms with Crippen LogP contribution in [0.2, 0.25) is 0 Å². The van der Waals surface area contributed by atoms with Crippen molar-refractivity contribution >= 4 is 21.8 Å². The molecule has 3 aromatic carbocycles. The zero-order valence-corrected chi connectivity index (χ0v) is 26.6. The molecule has 2 unspecified atom stereocenters. The molecule has 2 N–H and O–H groups in total. The first kappa shape index (κ1) is 33.5. The number of likely N-dealkylation sites (tertiary alicyclic amines) is 1. The minimum atomic E-state index is -3.84. The number of amides is 2. The van der Waals surface area contributed by atoms with Gasteiger partial charge in [0.05, 0.1) is 10.8 Å². The second-order valence-corrected chi connectivity index (χ2v) is 13.9. The van der Waals surface area contributed by atoms with E-state index in [4.69, 9.17) is 4.74 Å². The Labute approximate surface area is 269 Å². The number of hydrogen-bond donors (Lipinski definition) is 2. The molecule has 0 radical (unpaired) electrons. The second-order valence-electron chi connectivity index (χ2n) is 11.9. The predicted octanol–water partition coefficient (Wildman–Crippen LogP) is 4.49. The summed E-state index contributed by atoms with van der Waals surface area (Å²) in [5.74, 6) is -1.19. The standard InChI is InChI=1S/C34H40F2N4O5S/c1-2-3-14-39-22-25(19-33(39)41)34(42)38-28(18-24-16-26(35)20-27(36)17-24)21-29-23-40(15-13-37-29)46(43,44)32-11-9-31(10-12-32)45-30-7-5-4-6-8-30/h4-12,16-17,20,25,28-29,37H,2-3,13-15,18-19,21-23H2,1H3,(H,38,42)/t25?,28?,29-/m0/s1. The predicted molar refractivity (Wildman–Crippen MR) is 170 cm³/mol. The zero-order valence-electron chi connectivity index (χ0n) is 25.8. The van der Waals surface area contributed by atoms with Gasteiger partial charge in [0.2, 0.25) is 21.8 Å². The fourth-order valence-corrected chi connectivity index (χ4v) is 7.49. The number of halogens is 2. The van der Waals surface area contributed by atoms with Gasteiger partial charge in [-0.1, -0.05) is 31.5 Å². The van der Waals surface area contributed by atoms with Crippen LogP contribution in [0.3, 0.4) is 0 Å². The normalized spacial score (nSPS) is 19.6. The topological polar surface area (TPSA) is 108 Å². The van der Waals surface area contributed by atoms with Gasteiger partial charge in [0.25, 0.3) is 0 Å². The Balaban J connectivity index is 1.27. The van der Waals surface area contributed by atoms with Crippen molar-refractivity contribution in [3.63, 3.8) is 0 Å². The molecule has 2 aliphatic rings. The number of hydrogen-bond acceptors (Lipinski definition) is 6. The Morgan fingerprint density at radius 1 is 1.02 bits per heavy atom. The molecule has 0 aromatic heterocycles. The number of nitrogens with one attached hydrogen (secondary N) is 2. The Morgan fingerprint density at radius 2 is 1.72 bits per heavy atom. The average Bonchev–Trinajstić information content (AvgIpc) is 3.40. The fourth-order valence-electron chi connectivity index (χ4n) is 6.01. The summed E-state index contributed by atoms with van der Waals surface area (Å²) in [4.78, 5) is 27.7. The summed E-state index contributed by atoms with van der Waals surface area (Å²) >= 11 is 0. The van der Waals surface area contributed by atoms with Crippen LogP contribution in [0.4, 0.5) is 8.78 Å². The summed E-state index contributed by atoms with van der Waals surface area (Å²) in [6.07, 6.45) is 2.34. The van der Waals surface area contributed by atoms with Gasteiger partial charge in [-0.15, -0.1) is 0 Å². The summed E-state index contributed by atoms with van der Waals surface area (Å²) in [6.45, 7) is 3.75. The van der Waals surface area contributed by atoms with E-state index < -0.39 is 33.6 Å². The highest BCUT2D eigenvalue weighted by atomic mass is 32.2. The van der Waals surface area contributed by atoms with E-state index in [-0.39, 0.29) is 48.7 Å². The van der Waals surface area contributed by atoms with Crippen LogP contribution in [0.1, 0.15) is 38.2 Å². The van der Waals surface area contributed by atoms with Crippen LogP contribution in [0.5, 0.6) is 11.5 Å². The van der Waals surface area contributed by atoms with Crippen LogP contribution in [-0.4, -0.2) is 74.2 Å². The third kappa shape index (κ3) is 8.68. The third-order valence-electron chi connectivity index (χ3n) is 8.35. The van der Waals surface area contributed by atoms with Crippen molar-refractivity contribution in [2.24, 2.45) is 5.92 Å². The maximum Gasteiger partial charge on any atom is 0.243 e. The molecule has 2 amide bonds. The number of carbonyl (C=O) groups is 2. The summed E-state index contributed by atoms with van der Waals surface area (Å²) in [6, 6.07) is 17.8. The molecule has 2 fully saturated rings. The maximum atomic E-state index is 14.0. The van der Waals surface area contributed by atoms with Gasteiger partial charge in [-0.25, -0.2) is 17.2 Å². The molecule has 0 saturated carbocycles. The van der Waals surface area contributed by atoms with Crippen LogP contribution in [0.25, 0.3) is 0 Å². The first-order valence-corrected chi connectivity index (χ1v) is 17.1. The van der Waals surface area contributed by atoms with E-state index in [2.05, 4.69) is 10.6 Å². The van der Waals surface area contributed by atoms with Crippen molar-refractivity contribution < 1.29 is 31.5 Å². The van der Waals surface area contributed by atoms with E-state index in [0.29, 0.717) is 43.1 Å². The molecule has 12 heteroatoms. The van der Waals surface area contributed by atoms with E-state index in [1.54, 1.807) is 17.0 Å². The minimum Gasteiger partial charge on any atom is -0.457 e. The summed E-state index contributed by atoms with van der Waals surface area (Å²) in [5, 5.41) is 6.36. The SMILES string of the molecule is CCCCN1CC(C(=O)NC(Cc2cc(F)cc(F)c2)C[C@H]2CN(S(=O)(=O)c3ccc(Oc4ccccc4)cc3)CCN2)CC1=O. The van der Waals surface area contributed by atoms with Crippen molar-refractivity contribution in [1.82, 2.24) is 19.8 Å². The van der Waals surface area contributed by atoms with E-state index >= 15 is 0 Å². The van der Waals surface area contributed by atoms with Crippen molar-refractivity contribution in [2.75, 3.05) is 32.7 Å². The monoisotopic (exact) mass is 654 g/mol. The number of piperazine rings is 1. The van der Waals surface area contributed by atoms with Gasteiger partial charge in [-0.2, -0.15) is 4.31 Å². The van der Waals surface area contributed by atoms with E-state index in [1.165, 1.54) is 28.6 Å². The van der Waals surface area contributed by atoms with Crippen LogP contribution in [0.15, 0.2) is 77.7 Å². The molecule has 2 heterocycles. The molecule has 3 atom stereocenters. The van der Waals surface area contributed by atoms with Gasteiger partial charge in [-0.05, 0) is 73.4 Å². The number of sulfonamides is 1. The molecule has 3 aromatic rings. The van der Waals surface area contributed by atoms with Crippen molar-refractivity contribution in [2.45, 2.75) is 56.0 Å². The third-order valence-corrected chi connectivity index (χ3v) is 10.2. The van der Waals surface area contributed by atoms with Crippen LogP contribution in [0, 0.1) is 17.6 Å². The Morgan fingerprint density at radius 3 is 2.41 bits per heavy atom. The van der Waals surface area contributed by atoms with Gasteiger partial charge in [0, 0.05) is 57.3 Å². The van der Waals surface area contributed by atoms with Gasteiger partial charge in [-0.3, -0.25) is 9.59 Å². The Kier molecular flexibility index (Phi) is 11.0. The lowest BCUT2D eigenvalue weighted by Crippen LogP contribution is -2.55. The zero-order chi connectivity index (χ0) is 32.7. The van der Waals surface area contributed by atoms with Crippen LogP contribution < -0.4 is 15.4 Å². The molecule has 0 aliphatic carbocycles. The van der Waals surface area contributed by atoms with Crippen LogP contribution >= 0.6 is 0 Å². The number of ether oxygens (including phenoxy) is 1. The summed E-state index contributed by atoms with van der Waals surface area (Å²) in [5.41, 5.74) is 0.368. The second kappa shape index (κ2) is 15.1. The molecule has 0 spiro atoms. The number of rotatable bonds is 13. The van der Waals surface area contributed by atoms with Crippen molar-refractivity contribution in [1.29, 1.82) is 0 Å². The molecular weight excluding hydrogens is 614 g/mol. The van der Waals surface area contributed by atoms with Gasteiger partial charge >= 0.3 is 0 Å². The molecule has 0 bridgehead atoms. The van der Waals surface area contributed by atoms with Crippen LogP contribution in [-0.2, 0) is 26.0 Å². The highest BCUT2D eigenvalue weighted by Crippen LogP contribution is 2.26. The molecular formula is C34H40F2N4O5S. The smallest absolute Gasteiger partial charge is 0.243 e. The molecule has 9 nitrogen and oxygen atoms in total. The number of benzene rings is 3. The molecule has 46 heavy (non-hydrogen) atoms. The number of carbonyl (C=O) groups excluding carboxylic acids is 2. The van der Waals surface area contributed by atoms with E-state index in [0.717, 1.165) is 18.9 Å². The molecule has 5 rings (SSSR count). The lowest BCUT2D eigenvalue weighted by Gasteiger charge is -2.35. The first-order valence-electron chi connectivity index (χ1n) is 15.7. The van der Waals surface area contributed by atoms with E-state index in [9.17, 15) is 26.8 Å². The summed E-state index contributed by atoms with van der Waals surface area (Å²) < 4.78 is 62.5. The Bertz CT molecular complexity index is 1590. The van der Waals surface area contributed by atoms with Crippen molar-refractivity contribution in [3.05, 3.63) is 90.0 Å². The fraction of sp³-hybridized carbons (Fsp3) is 0.412. The van der Waals surface area contributed by atoms with Gasteiger partial charge < -0.3 is 20.3 Å². The summed E-state index contributed by atoms with van der Waals surface area (Å²) in [7, 11) is -3.84. The number of para-hydroxylation sites is 1. The van der Waals surface area contributed by atoms with Crippen molar-refractivity contribution in [3.8, 4) is 11.5 Å². The lowest BCUT2D eigenvalue weighted by molar-refractivity contribution is -0.129. The quantitative estimate of drug-likeness (QED) is 0.282. The maximum absolute atomic E-state index is 14.0. The molecule has 2 aliphatic heterocycles. The van der Waals surface area contributed by atoms with E-state index in [1.807, 2.05) is 37.3 Å². The Hall–Kier alpha value is -3.87. The highest BCUT2D eigenvalue weighted by Gasteiger charge is 2.36. The number of nitrogens with zero attached hydrogens (tertiary/aromatic N) is 2. The lowest BCUT2D eigenvalue weighted by atomic mass is 9.97.